The zero-order chi connectivity index (χ0) is 17.8. The molecule has 3 rings (SSSR count). The van der Waals surface area contributed by atoms with E-state index in [0.29, 0.717) is 23.2 Å². The minimum atomic E-state index is -0.0238. The second kappa shape index (κ2) is 7.80. The normalized spacial score (nSPS) is 10.7. The summed E-state index contributed by atoms with van der Waals surface area (Å²) in [4.78, 5) is 18.2. The van der Waals surface area contributed by atoms with Crippen LogP contribution in [-0.4, -0.2) is 28.0 Å². The highest BCUT2D eigenvalue weighted by Gasteiger charge is 2.15. The van der Waals surface area contributed by atoms with Gasteiger partial charge in [-0.15, -0.1) is 0 Å². The molecular formula is C18H15BrClN3O2. The first-order chi connectivity index (χ1) is 12.0. The van der Waals surface area contributed by atoms with Gasteiger partial charge in [-0.2, -0.15) is 4.98 Å². The average molecular weight is 421 g/mol. The van der Waals surface area contributed by atoms with Crippen molar-refractivity contribution in [2.75, 3.05) is 7.05 Å². The third-order valence-corrected chi connectivity index (χ3v) is 4.36. The molecule has 0 bridgehead atoms. The maximum atomic E-state index is 12.3. The Labute approximate surface area is 158 Å². The van der Waals surface area contributed by atoms with Crippen molar-refractivity contribution >= 4 is 33.4 Å². The summed E-state index contributed by atoms with van der Waals surface area (Å²) in [6, 6.07) is 14.8. The SMILES string of the molecule is CN(Cc1nc(-c2ccc(Cl)cc2)no1)C(=O)Cc1cccc(Br)c1. The quantitative estimate of drug-likeness (QED) is 0.615. The topological polar surface area (TPSA) is 59.2 Å². The maximum absolute atomic E-state index is 12.3. The van der Waals surface area contributed by atoms with Crippen LogP contribution in [0.4, 0.5) is 0 Å². The van der Waals surface area contributed by atoms with Crippen LogP contribution < -0.4 is 0 Å². The molecule has 0 aliphatic heterocycles. The van der Waals surface area contributed by atoms with Gasteiger partial charge in [-0.25, -0.2) is 0 Å². The van der Waals surface area contributed by atoms with E-state index < -0.39 is 0 Å². The minimum Gasteiger partial charge on any atom is -0.337 e. The van der Waals surface area contributed by atoms with Crippen molar-refractivity contribution in [3.63, 3.8) is 0 Å². The summed E-state index contributed by atoms with van der Waals surface area (Å²) in [6.45, 7) is 0.257. The highest BCUT2D eigenvalue weighted by Crippen LogP contribution is 2.19. The smallest absolute Gasteiger partial charge is 0.246 e. The predicted molar refractivity (Wildman–Crippen MR) is 99.1 cm³/mol. The number of likely N-dealkylation sites (N-methyl/N-ethyl adjacent to an activating group) is 1. The Hall–Kier alpha value is -2.18. The molecule has 0 spiro atoms. The van der Waals surface area contributed by atoms with Crippen molar-refractivity contribution in [1.29, 1.82) is 0 Å². The third-order valence-electron chi connectivity index (χ3n) is 3.61. The molecule has 0 atom stereocenters. The van der Waals surface area contributed by atoms with Crippen LogP contribution in [0.1, 0.15) is 11.5 Å². The molecule has 1 amide bonds. The Bertz CT molecular complexity index is 880. The van der Waals surface area contributed by atoms with E-state index in [1.165, 1.54) is 0 Å². The first-order valence-corrected chi connectivity index (χ1v) is 8.75. The van der Waals surface area contributed by atoms with Crippen LogP contribution in [0.2, 0.25) is 5.02 Å². The summed E-state index contributed by atoms with van der Waals surface area (Å²) in [5, 5.41) is 4.59. The summed E-state index contributed by atoms with van der Waals surface area (Å²) in [5.74, 6) is 0.832. The van der Waals surface area contributed by atoms with Crippen LogP contribution in [0.15, 0.2) is 57.5 Å². The largest absolute Gasteiger partial charge is 0.337 e. The van der Waals surface area contributed by atoms with E-state index in [1.807, 2.05) is 36.4 Å². The molecule has 128 valence electrons. The van der Waals surface area contributed by atoms with Crippen LogP contribution in [0.3, 0.4) is 0 Å². The van der Waals surface area contributed by atoms with Gasteiger partial charge < -0.3 is 9.42 Å². The first-order valence-electron chi connectivity index (χ1n) is 7.58. The Kier molecular flexibility index (Phi) is 5.50. The lowest BCUT2D eigenvalue weighted by Gasteiger charge is -2.14. The molecule has 0 aliphatic carbocycles. The van der Waals surface area contributed by atoms with Gasteiger partial charge >= 0.3 is 0 Å². The number of benzene rings is 2. The highest BCUT2D eigenvalue weighted by atomic mass is 79.9. The van der Waals surface area contributed by atoms with Gasteiger partial charge in [-0.3, -0.25) is 4.79 Å². The fraction of sp³-hybridized carbons (Fsp3) is 0.167. The third kappa shape index (κ3) is 4.67. The van der Waals surface area contributed by atoms with Gasteiger partial charge in [0.05, 0.1) is 13.0 Å². The Morgan fingerprint density at radius 1 is 1.24 bits per heavy atom. The average Bonchev–Trinajstić information content (AvgIpc) is 3.04. The summed E-state index contributed by atoms with van der Waals surface area (Å²) < 4.78 is 6.19. The lowest BCUT2D eigenvalue weighted by atomic mass is 10.1. The number of carbonyl (C=O) groups excluding carboxylic acids is 1. The summed E-state index contributed by atoms with van der Waals surface area (Å²) in [5.41, 5.74) is 1.75. The predicted octanol–water partition coefficient (Wildman–Crippen LogP) is 4.35. The molecule has 0 unspecified atom stereocenters. The molecule has 0 saturated heterocycles. The van der Waals surface area contributed by atoms with Crippen LogP contribution in [0.25, 0.3) is 11.4 Å². The monoisotopic (exact) mass is 419 g/mol. The summed E-state index contributed by atoms with van der Waals surface area (Å²) in [7, 11) is 1.71. The molecule has 5 nitrogen and oxygen atoms in total. The highest BCUT2D eigenvalue weighted by molar-refractivity contribution is 9.10. The van der Waals surface area contributed by atoms with Crippen LogP contribution in [0.5, 0.6) is 0 Å². The number of amides is 1. The minimum absolute atomic E-state index is 0.0238. The molecule has 25 heavy (non-hydrogen) atoms. The van der Waals surface area contributed by atoms with E-state index >= 15 is 0 Å². The fourth-order valence-electron chi connectivity index (χ4n) is 2.28. The van der Waals surface area contributed by atoms with Gasteiger partial charge in [0.2, 0.25) is 17.6 Å². The van der Waals surface area contributed by atoms with E-state index in [2.05, 4.69) is 26.1 Å². The Balaban J connectivity index is 1.63. The van der Waals surface area contributed by atoms with Crippen molar-refractivity contribution < 1.29 is 9.32 Å². The summed E-state index contributed by atoms with van der Waals surface area (Å²) in [6.07, 6.45) is 0.314. The second-order valence-corrected chi connectivity index (χ2v) is 6.93. The Morgan fingerprint density at radius 2 is 2.00 bits per heavy atom. The number of halogens is 2. The standard InChI is InChI=1S/C18H15BrClN3O2/c1-23(17(24)10-12-3-2-4-14(19)9-12)11-16-21-18(22-25-16)13-5-7-15(20)8-6-13/h2-9H,10-11H2,1H3. The van der Waals surface area contributed by atoms with Gasteiger partial charge in [0.25, 0.3) is 0 Å². The van der Waals surface area contributed by atoms with E-state index in [0.717, 1.165) is 15.6 Å². The number of rotatable bonds is 5. The van der Waals surface area contributed by atoms with Gasteiger partial charge in [0.15, 0.2) is 0 Å². The zero-order valence-corrected chi connectivity index (χ0v) is 15.8. The van der Waals surface area contributed by atoms with Crippen molar-refractivity contribution in [3.05, 3.63) is 69.5 Å². The maximum Gasteiger partial charge on any atom is 0.246 e. The van der Waals surface area contributed by atoms with Crippen LogP contribution in [0, 0.1) is 0 Å². The molecule has 1 aromatic heterocycles. The molecule has 0 fully saturated rings. The van der Waals surface area contributed by atoms with E-state index in [4.69, 9.17) is 16.1 Å². The van der Waals surface area contributed by atoms with Gasteiger partial charge in [0, 0.05) is 22.1 Å². The number of carbonyl (C=O) groups is 1. The number of hydrogen-bond acceptors (Lipinski definition) is 4. The molecule has 0 N–H and O–H groups in total. The molecule has 0 aliphatic rings. The lowest BCUT2D eigenvalue weighted by molar-refractivity contribution is -0.130. The molecule has 7 heteroatoms. The van der Waals surface area contributed by atoms with Crippen molar-refractivity contribution in [2.24, 2.45) is 0 Å². The molecule has 3 aromatic rings. The van der Waals surface area contributed by atoms with Gasteiger partial charge in [-0.1, -0.05) is 44.8 Å². The van der Waals surface area contributed by atoms with E-state index in [9.17, 15) is 4.79 Å². The number of hydrogen-bond donors (Lipinski definition) is 0. The van der Waals surface area contributed by atoms with Crippen molar-refractivity contribution in [2.45, 2.75) is 13.0 Å². The van der Waals surface area contributed by atoms with E-state index in [1.54, 1.807) is 24.1 Å². The molecule has 2 aromatic carbocycles. The molecule has 1 heterocycles. The van der Waals surface area contributed by atoms with Crippen LogP contribution >= 0.6 is 27.5 Å². The first kappa shape index (κ1) is 17.6. The van der Waals surface area contributed by atoms with Crippen LogP contribution in [-0.2, 0) is 17.8 Å². The fourth-order valence-corrected chi connectivity index (χ4v) is 2.86. The second-order valence-electron chi connectivity index (χ2n) is 5.58. The molecular weight excluding hydrogens is 406 g/mol. The molecule has 0 saturated carbocycles. The van der Waals surface area contributed by atoms with Gasteiger partial charge in [0.1, 0.15) is 0 Å². The van der Waals surface area contributed by atoms with E-state index in [-0.39, 0.29) is 12.5 Å². The molecule has 0 radical (unpaired) electrons. The zero-order valence-electron chi connectivity index (χ0n) is 13.4. The van der Waals surface area contributed by atoms with Gasteiger partial charge in [-0.05, 0) is 42.0 Å². The van der Waals surface area contributed by atoms with Crippen molar-refractivity contribution in [3.8, 4) is 11.4 Å². The Morgan fingerprint density at radius 3 is 2.72 bits per heavy atom. The lowest BCUT2D eigenvalue weighted by Crippen LogP contribution is -2.27. The number of nitrogens with zero attached hydrogens (tertiary/aromatic N) is 3. The summed E-state index contributed by atoms with van der Waals surface area (Å²) >= 11 is 9.28. The van der Waals surface area contributed by atoms with Crippen molar-refractivity contribution in [1.82, 2.24) is 15.0 Å². The number of aromatic nitrogens is 2.